The van der Waals surface area contributed by atoms with Crippen molar-refractivity contribution in [2.45, 2.75) is 6.67 Å². The van der Waals surface area contributed by atoms with Gasteiger partial charge in [-0.15, -0.1) is 0 Å². The summed E-state index contributed by atoms with van der Waals surface area (Å²) in [7, 11) is 1.58. The van der Waals surface area contributed by atoms with Crippen LogP contribution in [0.25, 0.3) is 0 Å². The molecule has 0 aliphatic heterocycles. The van der Waals surface area contributed by atoms with Gasteiger partial charge >= 0.3 is 0 Å². The summed E-state index contributed by atoms with van der Waals surface area (Å²) < 4.78 is 17.8. The SMILES string of the molecule is COc1ccc(CF)cc1Br. The van der Waals surface area contributed by atoms with Crippen molar-refractivity contribution < 1.29 is 9.13 Å². The Labute approximate surface area is 73.3 Å². The van der Waals surface area contributed by atoms with E-state index in [2.05, 4.69) is 15.9 Å². The number of benzene rings is 1. The van der Waals surface area contributed by atoms with Crippen LogP contribution in [0, 0.1) is 0 Å². The average Bonchev–Trinajstić information content (AvgIpc) is 2.04. The van der Waals surface area contributed by atoms with Crippen molar-refractivity contribution in [3.05, 3.63) is 28.2 Å². The summed E-state index contributed by atoms with van der Waals surface area (Å²) in [6.45, 7) is -0.442. The molecular formula is C8H8BrFO. The van der Waals surface area contributed by atoms with E-state index >= 15 is 0 Å². The lowest BCUT2D eigenvalue weighted by atomic mass is 10.2. The zero-order valence-electron chi connectivity index (χ0n) is 6.10. The minimum absolute atomic E-state index is 0.442. The molecule has 0 spiro atoms. The Morgan fingerprint density at radius 1 is 1.55 bits per heavy atom. The fourth-order valence-electron chi connectivity index (χ4n) is 0.793. The molecule has 1 nitrogen and oxygen atoms in total. The van der Waals surface area contributed by atoms with Crippen LogP contribution in [0.3, 0.4) is 0 Å². The molecule has 0 aliphatic rings. The number of alkyl halides is 1. The van der Waals surface area contributed by atoms with Gasteiger partial charge in [0, 0.05) is 0 Å². The molecule has 0 N–H and O–H groups in total. The van der Waals surface area contributed by atoms with E-state index in [-0.39, 0.29) is 0 Å². The molecule has 0 amide bonds. The van der Waals surface area contributed by atoms with Gasteiger partial charge < -0.3 is 4.74 Å². The van der Waals surface area contributed by atoms with Gasteiger partial charge in [0.2, 0.25) is 0 Å². The van der Waals surface area contributed by atoms with Gasteiger partial charge in [-0.25, -0.2) is 4.39 Å². The molecule has 0 radical (unpaired) electrons. The normalized spacial score (nSPS) is 9.73. The minimum Gasteiger partial charge on any atom is -0.496 e. The monoisotopic (exact) mass is 218 g/mol. The Morgan fingerprint density at radius 2 is 2.27 bits per heavy atom. The second-order valence-corrected chi connectivity index (χ2v) is 2.96. The standard InChI is InChI=1S/C8H8BrFO/c1-11-8-3-2-6(5-10)4-7(8)9/h2-4H,5H2,1H3. The Morgan fingerprint density at radius 3 is 2.73 bits per heavy atom. The van der Waals surface area contributed by atoms with Gasteiger partial charge in [-0.2, -0.15) is 0 Å². The third kappa shape index (κ3) is 1.93. The molecular weight excluding hydrogens is 211 g/mol. The molecule has 0 saturated carbocycles. The van der Waals surface area contributed by atoms with Crippen molar-refractivity contribution >= 4 is 15.9 Å². The molecule has 1 rings (SSSR count). The van der Waals surface area contributed by atoms with E-state index in [1.54, 1.807) is 25.3 Å². The van der Waals surface area contributed by atoms with Crippen molar-refractivity contribution in [2.24, 2.45) is 0 Å². The highest BCUT2D eigenvalue weighted by molar-refractivity contribution is 9.10. The predicted molar refractivity (Wildman–Crippen MR) is 45.5 cm³/mol. The lowest BCUT2D eigenvalue weighted by Crippen LogP contribution is -1.85. The van der Waals surface area contributed by atoms with Gasteiger partial charge in [0.15, 0.2) is 0 Å². The lowest BCUT2D eigenvalue weighted by molar-refractivity contribution is 0.411. The van der Waals surface area contributed by atoms with Crippen LogP contribution in [-0.2, 0) is 6.67 Å². The zero-order chi connectivity index (χ0) is 8.27. The maximum atomic E-state index is 12.1. The number of ether oxygens (including phenoxy) is 1. The molecule has 0 atom stereocenters. The van der Waals surface area contributed by atoms with E-state index < -0.39 is 6.67 Å². The van der Waals surface area contributed by atoms with E-state index in [4.69, 9.17) is 4.74 Å². The summed E-state index contributed by atoms with van der Waals surface area (Å²) in [5.74, 6) is 0.724. The summed E-state index contributed by atoms with van der Waals surface area (Å²) >= 11 is 3.26. The third-order valence-corrected chi connectivity index (χ3v) is 1.99. The summed E-state index contributed by atoms with van der Waals surface area (Å²) in [4.78, 5) is 0. The molecule has 11 heavy (non-hydrogen) atoms. The fraction of sp³-hybridized carbons (Fsp3) is 0.250. The van der Waals surface area contributed by atoms with E-state index in [1.807, 2.05) is 0 Å². The fourth-order valence-corrected chi connectivity index (χ4v) is 1.38. The van der Waals surface area contributed by atoms with Crippen LogP contribution in [-0.4, -0.2) is 7.11 Å². The number of halogens is 2. The average molecular weight is 219 g/mol. The Hall–Kier alpha value is -0.570. The molecule has 3 heteroatoms. The van der Waals surface area contributed by atoms with Gasteiger partial charge in [-0.3, -0.25) is 0 Å². The van der Waals surface area contributed by atoms with Crippen LogP contribution in [0.1, 0.15) is 5.56 Å². The van der Waals surface area contributed by atoms with Crippen molar-refractivity contribution in [3.63, 3.8) is 0 Å². The second kappa shape index (κ2) is 3.72. The molecule has 0 aliphatic carbocycles. The first-order valence-corrected chi connectivity index (χ1v) is 3.95. The van der Waals surface area contributed by atoms with Gasteiger partial charge in [0.25, 0.3) is 0 Å². The van der Waals surface area contributed by atoms with E-state index in [1.165, 1.54) is 0 Å². The second-order valence-electron chi connectivity index (χ2n) is 2.10. The quantitative estimate of drug-likeness (QED) is 0.742. The summed E-state index contributed by atoms with van der Waals surface area (Å²) in [6.07, 6.45) is 0. The van der Waals surface area contributed by atoms with Crippen molar-refractivity contribution in [1.82, 2.24) is 0 Å². The molecule has 0 aromatic heterocycles. The number of hydrogen-bond donors (Lipinski definition) is 0. The smallest absolute Gasteiger partial charge is 0.133 e. The number of methoxy groups -OCH3 is 1. The lowest BCUT2D eigenvalue weighted by Gasteiger charge is -2.02. The highest BCUT2D eigenvalue weighted by atomic mass is 79.9. The van der Waals surface area contributed by atoms with Crippen LogP contribution >= 0.6 is 15.9 Å². The Bertz CT molecular complexity index is 250. The van der Waals surface area contributed by atoms with Gasteiger partial charge in [0.05, 0.1) is 11.6 Å². The largest absolute Gasteiger partial charge is 0.496 e. The van der Waals surface area contributed by atoms with E-state index in [9.17, 15) is 4.39 Å². The zero-order valence-corrected chi connectivity index (χ0v) is 7.69. The number of hydrogen-bond acceptors (Lipinski definition) is 1. The molecule has 0 unspecified atom stereocenters. The first kappa shape index (κ1) is 8.53. The molecule has 0 heterocycles. The van der Waals surface area contributed by atoms with Crippen LogP contribution in [0.15, 0.2) is 22.7 Å². The van der Waals surface area contributed by atoms with Crippen LogP contribution in [0.2, 0.25) is 0 Å². The molecule has 0 bridgehead atoms. The highest BCUT2D eigenvalue weighted by Crippen LogP contribution is 2.25. The van der Waals surface area contributed by atoms with E-state index in [0.29, 0.717) is 5.56 Å². The summed E-state index contributed by atoms with van der Waals surface area (Å²) in [5, 5.41) is 0. The topological polar surface area (TPSA) is 9.23 Å². The molecule has 1 aromatic rings. The van der Waals surface area contributed by atoms with Crippen LogP contribution in [0.4, 0.5) is 4.39 Å². The predicted octanol–water partition coefficient (Wildman–Crippen LogP) is 2.93. The van der Waals surface area contributed by atoms with Crippen molar-refractivity contribution in [2.75, 3.05) is 7.11 Å². The Balaban J connectivity index is 2.99. The first-order valence-electron chi connectivity index (χ1n) is 3.16. The highest BCUT2D eigenvalue weighted by Gasteiger charge is 1.99. The van der Waals surface area contributed by atoms with Crippen LogP contribution in [0.5, 0.6) is 5.75 Å². The molecule has 60 valence electrons. The molecule has 0 fully saturated rings. The Kier molecular flexibility index (Phi) is 2.88. The van der Waals surface area contributed by atoms with Crippen molar-refractivity contribution in [1.29, 1.82) is 0 Å². The van der Waals surface area contributed by atoms with Gasteiger partial charge in [-0.1, -0.05) is 6.07 Å². The third-order valence-electron chi connectivity index (χ3n) is 1.37. The minimum atomic E-state index is -0.442. The number of rotatable bonds is 2. The van der Waals surface area contributed by atoms with Gasteiger partial charge in [-0.05, 0) is 33.6 Å². The van der Waals surface area contributed by atoms with Crippen molar-refractivity contribution in [3.8, 4) is 5.75 Å². The molecule has 1 aromatic carbocycles. The summed E-state index contributed by atoms with van der Waals surface area (Å²) in [6, 6.07) is 5.14. The molecule has 0 saturated heterocycles. The van der Waals surface area contributed by atoms with E-state index in [0.717, 1.165) is 10.2 Å². The van der Waals surface area contributed by atoms with Gasteiger partial charge in [0.1, 0.15) is 12.4 Å². The van der Waals surface area contributed by atoms with Crippen LogP contribution < -0.4 is 4.74 Å². The maximum absolute atomic E-state index is 12.1. The summed E-state index contributed by atoms with van der Waals surface area (Å²) in [5.41, 5.74) is 0.651. The first-order chi connectivity index (χ1) is 5.27. The maximum Gasteiger partial charge on any atom is 0.133 e.